The first kappa shape index (κ1) is 16.3. The van der Waals surface area contributed by atoms with Crippen molar-refractivity contribution in [1.82, 2.24) is 15.5 Å². The minimum atomic E-state index is -0.136. The molecule has 126 valence electrons. The van der Waals surface area contributed by atoms with Gasteiger partial charge >= 0.3 is 0 Å². The lowest BCUT2D eigenvalue weighted by molar-refractivity contribution is 0.0939. The van der Waals surface area contributed by atoms with Crippen LogP contribution in [0.2, 0.25) is 0 Å². The van der Waals surface area contributed by atoms with E-state index in [0.717, 1.165) is 24.2 Å². The van der Waals surface area contributed by atoms with E-state index < -0.39 is 0 Å². The van der Waals surface area contributed by atoms with Crippen LogP contribution in [0.5, 0.6) is 5.75 Å². The average molecular weight is 325 g/mol. The molecular formula is C19H23N3O2. The third-order valence-corrected chi connectivity index (χ3v) is 4.44. The summed E-state index contributed by atoms with van der Waals surface area (Å²) in [6, 6.07) is 9.44. The van der Waals surface area contributed by atoms with Gasteiger partial charge < -0.3 is 10.1 Å². The molecule has 0 saturated heterocycles. The van der Waals surface area contributed by atoms with E-state index in [1.807, 2.05) is 31.2 Å². The number of H-pyrrole nitrogens is 1. The van der Waals surface area contributed by atoms with Crippen molar-refractivity contribution in [3.63, 3.8) is 0 Å². The number of hydrogen-bond donors (Lipinski definition) is 2. The summed E-state index contributed by atoms with van der Waals surface area (Å²) in [5.74, 6) is 0.597. The molecule has 24 heavy (non-hydrogen) atoms. The van der Waals surface area contributed by atoms with Crippen molar-refractivity contribution >= 4 is 5.91 Å². The van der Waals surface area contributed by atoms with Gasteiger partial charge in [0.25, 0.3) is 5.91 Å². The zero-order chi connectivity index (χ0) is 16.9. The minimum Gasteiger partial charge on any atom is -0.496 e. The smallest absolute Gasteiger partial charge is 0.269 e. The highest BCUT2D eigenvalue weighted by Crippen LogP contribution is 2.28. The number of benzene rings is 1. The zero-order valence-corrected chi connectivity index (χ0v) is 14.1. The molecule has 1 unspecified atom stereocenters. The lowest BCUT2D eigenvalue weighted by Gasteiger charge is -2.20. The van der Waals surface area contributed by atoms with Crippen molar-refractivity contribution in [2.75, 3.05) is 7.11 Å². The van der Waals surface area contributed by atoms with E-state index in [1.165, 1.54) is 18.4 Å². The quantitative estimate of drug-likeness (QED) is 0.824. The van der Waals surface area contributed by atoms with Crippen LogP contribution in [0.1, 0.15) is 43.1 Å². The van der Waals surface area contributed by atoms with Crippen molar-refractivity contribution in [1.29, 1.82) is 0 Å². The second-order valence-corrected chi connectivity index (χ2v) is 6.09. The fourth-order valence-corrected chi connectivity index (χ4v) is 3.06. The van der Waals surface area contributed by atoms with Gasteiger partial charge in [-0.25, -0.2) is 0 Å². The molecule has 1 aromatic carbocycles. The lowest BCUT2D eigenvalue weighted by Crippen LogP contribution is -2.34. The van der Waals surface area contributed by atoms with Gasteiger partial charge in [0.1, 0.15) is 11.4 Å². The molecule has 0 fully saturated rings. The molecule has 0 saturated carbocycles. The summed E-state index contributed by atoms with van der Waals surface area (Å²) >= 11 is 0. The number of methoxy groups -OCH3 is 1. The fraction of sp³-hybridized carbons (Fsp3) is 0.368. The van der Waals surface area contributed by atoms with Crippen LogP contribution in [0, 0.1) is 0 Å². The summed E-state index contributed by atoms with van der Waals surface area (Å²) in [5.41, 5.74) is 3.33. The molecule has 0 bridgehead atoms. The molecule has 1 aliphatic carbocycles. The van der Waals surface area contributed by atoms with Gasteiger partial charge in [0, 0.05) is 11.6 Å². The van der Waals surface area contributed by atoms with Crippen molar-refractivity contribution in [3.8, 4) is 17.0 Å². The zero-order valence-electron chi connectivity index (χ0n) is 14.1. The van der Waals surface area contributed by atoms with Crippen LogP contribution < -0.4 is 10.1 Å². The maximum atomic E-state index is 12.5. The number of nitrogens with one attached hydrogen (secondary N) is 2. The molecule has 1 atom stereocenters. The topological polar surface area (TPSA) is 67.0 Å². The van der Waals surface area contributed by atoms with Crippen LogP contribution in [0.3, 0.4) is 0 Å². The Morgan fingerprint density at radius 1 is 1.33 bits per heavy atom. The fourth-order valence-electron chi connectivity index (χ4n) is 3.06. The van der Waals surface area contributed by atoms with Gasteiger partial charge in [-0.2, -0.15) is 5.10 Å². The summed E-state index contributed by atoms with van der Waals surface area (Å²) in [6.07, 6.45) is 6.87. The summed E-state index contributed by atoms with van der Waals surface area (Å²) in [4.78, 5) is 12.5. The molecule has 1 heterocycles. The highest BCUT2D eigenvalue weighted by Gasteiger charge is 2.18. The molecule has 0 spiro atoms. The van der Waals surface area contributed by atoms with Crippen LogP contribution in [-0.4, -0.2) is 29.3 Å². The van der Waals surface area contributed by atoms with Gasteiger partial charge in [-0.15, -0.1) is 0 Å². The molecule has 1 aromatic heterocycles. The van der Waals surface area contributed by atoms with E-state index in [-0.39, 0.29) is 11.9 Å². The number of rotatable bonds is 5. The highest BCUT2D eigenvalue weighted by atomic mass is 16.5. The minimum absolute atomic E-state index is 0.0517. The van der Waals surface area contributed by atoms with Crippen LogP contribution in [0.4, 0.5) is 0 Å². The largest absolute Gasteiger partial charge is 0.496 e. The van der Waals surface area contributed by atoms with Crippen LogP contribution in [0.25, 0.3) is 11.3 Å². The number of hydrogen-bond acceptors (Lipinski definition) is 3. The molecular weight excluding hydrogens is 302 g/mol. The Hall–Kier alpha value is -2.56. The van der Waals surface area contributed by atoms with E-state index in [2.05, 4.69) is 21.6 Å². The Kier molecular flexibility index (Phi) is 4.99. The van der Waals surface area contributed by atoms with Crippen LogP contribution in [0.15, 0.2) is 42.0 Å². The summed E-state index contributed by atoms with van der Waals surface area (Å²) < 4.78 is 5.35. The number of para-hydroxylation sites is 1. The molecule has 0 radical (unpaired) electrons. The van der Waals surface area contributed by atoms with Crippen molar-refractivity contribution in [3.05, 3.63) is 47.7 Å². The molecule has 3 rings (SSSR count). The van der Waals surface area contributed by atoms with E-state index in [4.69, 9.17) is 4.74 Å². The Balaban J connectivity index is 1.73. The maximum absolute atomic E-state index is 12.5. The third kappa shape index (κ3) is 3.50. The number of aromatic amines is 1. The van der Waals surface area contributed by atoms with Gasteiger partial charge in [-0.3, -0.25) is 9.89 Å². The Morgan fingerprint density at radius 2 is 2.17 bits per heavy atom. The number of aromatic nitrogens is 2. The molecule has 2 aromatic rings. The number of nitrogens with zero attached hydrogens (tertiary/aromatic N) is 1. The number of allylic oxidation sites excluding steroid dienone is 1. The number of carbonyl (C=O) groups excluding carboxylic acids is 1. The Bertz CT molecular complexity index is 749. The van der Waals surface area contributed by atoms with E-state index in [1.54, 1.807) is 13.2 Å². The third-order valence-electron chi connectivity index (χ3n) is 4.44. The molecule has 5 heteroatoms. The van der Waals surface area contributed by atoms with E-state index >= 15 is 0 Å². The van der Waals surface area contributed by atoms with Gasteiger partial charge in [-0.1, -0.05) is 23.8 Å². The summed E-state index contributed by atoms with van der Waals surface area (Å²) in [5, 5.41) is 10.1. The number of amides is 1. The number of carbonyl (C=O) groups is 1. The second-order valence-electron chi connectivity index (χ2n) is 6.09. The SMILES string of the molecule is COc1ccccc1-c1cc(C(=O)NC(C)C2=CCCCC2)[nH]n1. The predicted octanol–water partition coefficient (Wildman–Crippen LogP) is 3.70. The standard InChI is InChI=1S/C19H23N3O2/c1-13(14-8-4-3-5-9-14)20-19(23)17-12-16(21-22-17)15-10-6-7-11-18(15)24-2/h6-8,10-13H,3-5,9H2,1-2H3,(H,20,23)(H,21,22). The lowest BCUT2D eigenvalue weighted by atomic mass is 9.95. The predicted molar refractivity (Wildman–Crippen MR) is 94.1 cm³/mol. The first-order valence-electron chi connectivity index (χ1n) is 8.37. The Morgan fingerprint density at radius 3 is 2.92 bits per heavy atom. The first-order chi connectivity index (χ1) is 11.7. The monoisotopic (exact) mass is 325 g/mol. The molecule has 5 nitrogen and oxygen atoms in total. The number of ether oxygens (including phenoxy) is 1. The average Bonchev–Trinajstić information content (AvgIpc) is 3.12. The molecule has 1 aliphatic rings. The first-order valence-corrected chi connectivity index (χ1v) is 8.37. The van der Waals surface area contributed by atoms with Crippen molar-refractivity contribution < 1.29 is 9.53 Å². The van der Waals surface area contributed by atoms with Crippen LogP contribution >= 0.6 is 0 Å². The Labute approximate surface area is 142 Å². The molecule has 1 amide bonds. The normalized spacial score (nSPS) is 15.5. The maximum Gasteiger partial charge on any atom is 0.269 e. The second kappa shape index (κ2) is 7.34. The van der Waals surface area contributed by atoms with Gasteiger partial charge in [-0.05, 0) is 50.8 Å². The van der Waals surface area contributed by atoms with Gasteiger partial charge in [0.15, 0.2) is 0 Å². The van der Waals surface area contributed by atoms with Gasteiger partial charge in [0.05, 0.1) is 12.8 Å². The molecule has 2 N–H and O–H groups in total. The van der Waals surface area contributed by atoms with Crippen molar-refractivity contribution in [2.24, 2.45) is 0 Å². The van der Waals surface area contributed by atoms with Gasteiger partial charge in [0.2, 0.25) is 0 Å². The van der Waals surface area contributed by atoms with Crippen LogP contribution in [-0.2, 0) is 0 Å². The van der Waals surface area contributed by atoms with E-state index in [0.29, 0.717) is 11.4 Å². The summed E-state index contributed by atoms with van der Waals surface area (Å²) in [7, 11) is 1.62. The van der Waals surface area contributed by atoms with E-state index in [9.17, 15) is 4.79 Å². The summed E-state index contributed by atoms with van der Waals surface area (Å²) in [6.45, 7) is 2.03. The van der Waals surface area contributed by atoms with Crippen molar-refractivity contribution in [2.45, 2.75) is 38.6 Å². The highest BCUT2D eigenvalue weighted by molar-refractivity contribution is 5.93. The molecule has 0 aliphatic heterocycles.